The maximum absolute atomic E-state index is 12.7. The molecule has 1 aromatic rings. The van der Waals surface area contributed by atoms with E-state index in [-0.39, 0.29) is 24.0 Å². The van der Waals surface area contributed by atoms with E-state index in [0.29, 0.717) is 36.6 Å². The first-order valence-electron chi connectivity index (χ1n) is 9.27. The highest BCUT2D eigenvalue weighted by atomic mass is 19.3. The van der Waals surface area contributed by atoms with Crippen molar-refractivity contribution in [3.05, 3.63) is 23.8 Å². The molecule has 2 heterocycles. The van der Waals surface area contributed by atoms with Gasteiger partial charge in [-0.3, -0.25) is 4.79 Å². The van der Waals surface area contributed by atoms with E-state index in [4.69, 9.17) is 4.74 Å². The quantitative estimate of drug-likeness (QED) is 0.740. The molecule has 26 heavy (non-hydrogen) atoms. The number of nitrogens with one attached hydrogen (secondary N) is 2. The zero-order chi connectivity index (χ0) is 18.5. The molecule has 0 spiro atoms. The number of carbonyl (C=O) groups is 1. The van der Waals surface area contributed by atoms with Crippen LogP contribution in [0.3, 0.4) is 0 Å². The molecule has 2 bridgehead atoms. The Balaban J connectivity index is 1.57. The van der Waals surface area contributed by atoms with Crippen molar-refractivity contribution >= 4 is 5.91 Å². The number of piperidine rings is 1. The Labute approximate surface area is 152 Å². The second-order valence-electron chi connectivity index (χ2n) is 7.01. The molecule has 2 atom stereocenters. The lowest BCUT2D eigenvalue weighted by atomic mass is 9.89. The van der Waals surface area contributed by atoms with Gasteiger partial charge in [0.15, 0.2) is 11.5 Å². The summed E-state index contributed by atoms with van der Waals surface area (Å²) in [5.74, 6) is 0.584. The van der Waals surface area contributed by atoms with Gasteiger partial charge in [0, 0.05) is 30.6 Å². The van der Waals surface area contributed by atoms with Crippen molar-refractivity contribution in [2.45, 2.75) is 64.3 Å². The minimum Gasteiger partial charge on any atom is -0.490 e. The minimum absolute atomic E-state index is 0.00967. The van der Waals surface area contributed by atoms with Gasteiger partial charge >= 0.3 is 6.61 Å². The van der Waals surface area contributed by atoms with Crippen molar-refractivity contribution in [3.8, 4) is 11.5 Å². The van der Waals surface area contributed by atoms with Gasteiger partial charge in [0.05, 0.1) is 6.61 Å². The Morgan fingerprint density at radius 2 is 2.04 bits per heavy atom. The molecule has 2 N–H and O–H groups in total. The number of alkyl halides is 2. The third-order valence-electron chi connectivity index (χ3n) is 5.09. The largest absolute Gasteiger partial charge is 0.490 e. The van der Waals surface area contributed by atoms with Gasteiger partial charge in [0.25, 0.3) is 0 Å². The average Bonchev–Trinajstić information content (AvgIpc) is 2.93. The fraction of sp³-hybridized carbons (Fsp3) is 0.632. The second kappa shape index (κ2) is 8.66. The Morgan fingerprint density at radius 1 is 1.31 bits per heavy atom. The summed E-state index contributed by atoms with van der Waals surface area (Å²) >= 11 is 0. The summed E-state index contributed by atoms with van der Waals surface area (Å²) in [5.41, 5.74) is 0.481. The summed E-state index contributed by atoms with van der Waals surface area (Å²) in [4.78, 5) is 12.3. The van der Waals surface area contributed by atoms with Crippen LogP contribution >= 0.6 is 0 Å². The summed E-state index contributed by atoms with van der Waals surface area (Å²) < 4.78 is 35.5. The number of para-hydroxylation sites is 1. The van der Waals surface area contributed by atoms with Crippen molar-refractivity contribution in [2.75, 3.05) is 6.61 Å². The summed E-state index contributed by atoms with van der Waals surface area (Å²) in [6, 6.07) is 6.03. The third kappa shape index (κ3) is 4.84. The Kier molecular flexibility index (Phi) is 6.29. The minimum atomic E-state index is -2.95. The van der Waals surface area contributed by atoms with Gasteiger partial charge in [0.1, 0.15) is 0 Å². The molecule has 7 heteroatoms. The van der Waals surface area contributed by atoms with E-state index in [1.165, 1.54) is 12.8 Å². The Bertz CT molecular complexity index is 615. The lowest BCUT2D eigenvalue weighted by Crippen LogP contribution is -2.39. The smallest absolute Gasteiger partial charge is 0.387 e. The molecule has 0 aromatic heterocycles. The molecule has 2 saturated heterocycles. The number of carbonyl (C=O) groups excluding carboxylic acids is 1. The van der Waals surface area contributed by atoms with Crippen LogP contribution in [0.1, 0.15) is 44.6 Å². The fourth-order valence-electron chi connectivity index (χ4n) is 4.06. The standard InChI is InChI=1S/C19H26F2N2O3/c1-2-25-16-5-3-4-13(18(16)26-19(20)21)11-22-17(24)10-12-8-14-6-7-15(9-12)23-14/h3-5,12,14-15,19,23H,2,6-11H2,1H3,(H,22,24). The monoisotopic (exact) mass is 368 g/mol. The Morgan fingerprint density at radius 3 is 2.69 bits per heavy atom. The van der Waals surface area contributed by atoms with Crippen molar-refractivity contribution in [1.82, 2.24) is 10.6 Å². The molecule has 1 aromatic carbocycles. The van der Waals surface area contributed by atoms with Gasteiger partial charge in [-0.2, -0.15) is 8.78 Å². The van der Waals surface area contributed by atoms with Crippen LogP contribution in [0.15, 0.2) is 18.2 Å². The Hall–Kier alpha value is -1.89. The van der Waals surface area contributed by atoms with Gasteiger partial charge in [-0.1, -0.05) is 12.1 Å². The maximum atomic E-state index is 12.7. The molecule has 0 aliphatic carbocycles. The maximum Gasteiger partial charge on any atom is 0.387 e. The fourth-order valence-corrected chi connectivity index (χ4v) is 4.06. The first kappa shape index (κ1) is 18.9. The van der Waals surface area contributed by atoms with E-state index in [2.05, 4.69) is 15.4 Å². The van der Waals surface area contributed by atoms with Crippen LogP contribution in [0, 0.1) is 5.92 Å². The molecule has 0 radical (unpaired) electrons. The van der Waals surface area contributed by atoms with Crippen LogP contribution in [0.25, 0.3) is 0 Å². The number of fused-ring (bicyclic) bond motifs is 2. The van der Waals surface area contributed by atoms with Crippen LogP contribution in [-0.4, -0.2) is 31.2 Å². The number of hydrogen-bond acceptors (Lipinski definition) is 4. The van der Waals surface area contributed by atoms with Crippen LogP contribution < -0.4 is 20.1 Å². The predicted molar refractivity (Wildman–Crippen MR) is 93.4 cm³/mol. The molecular formula is C19H26F2N2O3. The van der Waals surface area contributed by atoms with Crippen molar-refractivity contribution in [3.63, 3.8) is 0 Å². The number of hydrogen-bond donors (Lipinski definition) is 2. The van der Waals surface area contributed by atoms with Crippen LogP contribution in [0.2, 0.25) is 0 Å². The van der Waals surface area contributed by atoms with E-state index in [0.717, 1.165) is 12.8 Å². The molecule has 2 aliphatic heterocycles. The SMILES string of the molecule is CCOc1cccc(CNC(=O)CC2CC3CCC(C2)N3)c1OC(F)F. The van der Waals surface area contributed by atoms with Crippen molar-refractivity contribution in [2.24, 2.45) is 5.92 Å². The molecule has 2 aliphatic rings. The normalized spacial score (nSPS) is 24.5. The van der Waals surface area contributed by atoms with Crippen LogP contribution in [0.5, 0.6) is 11.5 Å². The van der Waals surface area contributed by atoms with E-state index >= 15 is 0 Å². The molecule has 144 valence electrons. The first-order valence-corrected chi connectivity index (χ1v) is 9.27. The molecule has 2 fully saturated rings. The number of rotatable bonds is 8. The highest BCUT2D eigenvalue weighted by molar-refractivity contribution is 5.76. The van der Waals surface area contributed by atoms with E-state index in [9.17, 15) is 13.6 Å². The third-order valence-corrected chi connectivity index (χ3v) is 5.09. The summed E-state index contributed by atoms with van der Waals surface area (Å²) in [6.45, 7) is -0.698. The lowest BCUT2D eigenvalue weighted by Gasteiger charge is -2.28. The average molecular weight is 368 g/mol. The zero-order valence-corrected chi connectivity index (χ0v) is 15.0. The molecular weight excluding hydrogens is 342 g/mol. The van der Waals surface area contributed by atoms with Gasteiger partial charge in [-0.05, 0) is 44.6 Å². The molecule has 1 amide bonds. The van der Waals surface area contributed by atoms with E-state index in [1.54, 1.807) is 25.1 Å². The summed E-state index contributed by atoms with van der Waals surface area (Å²) in [6.07, 6.45) is 4.93. The van der Waals surface area contributed by atoms with Crippen molar-refractivity contribution < 1.29 is 23.0 Å². The number of amides is 1. The van der Waals surface area contributed by atoms with E-state index in [1.807, 2.05) is 0 Å². The highest BCUT2D eigenvalue weighted by Crippen LogP contribution is 2.34. The molecule has 5 nitrogen and oxygen atoms in total. The summed E-state index contributed by atoms with van der Waals surface area (Å²) in [7, 11) is 0. The number of ether oxygens (including phenoxy) is 2. The molecule has 3 rings (SSSR count). The number of benzene rings is 1. The first-order chi connectivity index (χ1) is 12.5. The van der Waals surface area contributed by atoms with Gasteiger partial charge < -0.3 is 20.1 Å². The summed E-state index contributed by atoms with van der Waals surface area (Å²) in [5, 5.41) is 6.40. The highest BCUT2D eigenvalue weighted by Gasteiger charge is 2.34. The lowest BCUT2D eigenvalue weighted by molar-refractivity contribution is -0.122. The van der Waals surface area contributed by atoms with E-state index < -0.39 is 6.61 Å². The van der Waals surface area contributed by atoms with Crippen LogP contribution in [-0.2, 0) is 11.3 Å². The molecule has 0 saturated carbocycles. The predicted octanol–water partition coefficient (Wildman–Crippen LogP) is 3.22. The van der Waals surface area contributed by atoms with Crippen LogP contribution in [0.4, 0.5) is 8.78 Å². The second-order valence-corrected chi connectivity index (χ2v) is 7.01. The van der Waals surface area contributed by atoms with Gasteiger partial charge in [-0.15, -0.1) is 0 Å². The topological polar surface area (TPSA) is 59.6 Å². The number of halogens is 2. The zero-order valence-electron chi connectivity index (χ0n) is 15.0. The molecule has 2 unspecified atom stereocenters. The van der Waals surface area contributed by atoms with Crippen molar-refractivity contribution in [1.29, 1.82) is 0 Å². The van der Waals surface area contributed by atoms with Gasteiger partial charge in [-0.25, -0.2) is 0 Å². The van der Waals surface area contributed by atoms with Gasteiger partial charge in [0.2, 0.25) is 5.91 Å².